The second-order valence-electron chi connectivity index (χ2n) is 8.35. The summed E-state index contributed by atoms with van der Waals surface area (Å²) >= 11 is 0. The fraction of sp³-hybridized carbons (Fsp3) is 0.579. The first-order chi connectivity index (χ1) is 11.7. The Hall–Kier alpha value is -2.18. The van der Waals surface area contributed by atoms with Gasteiger partial charge in [-0.1, -0.05) is 26.8 Å². The molecule has 2 atom stereocenters. The molecule has 0 heterocycles. The summed E-state index contributed by atoms with van der Waals surface area (Å²) in [5.74, 6) is -2.38. The molecule has 26 heavy (non-hydrogen) atoms. The number of rotatable bonds is 4. The largest absolute Gasteiger partial charge is 0.444 e. The van der Waals surface area contributed by atoms with Crippen molar-refractivity contribution in [3.63, 3.8) is 0 Å². The molecule has 0 fully saturated rings. The van der Waals surface area contributed by atoms with Crippen molar-refractivity contribution in [3.05, 3.63) is 35.4 Å². The Bertz CT molecular complexity index is 664. The van der Waals surface area contributed by atoms with Crippen molar-refractivity contribution in [2.45, 2.75) is 66.2 Å². The summed E-state index contributed by atoms with van der Waals surface area (Å²) in [5, 5.41) is 5.30. The van der Waals surface area contributed by atoms with E-state index in [0.717, 1.165) is 12.1 Å². The second kappa shape index (κ2) is 8.01. The van der Waals surface area contributed by atoms with Gasteiger partial charge >= 0.3 is 6.09 Å². The van der Waals surface area contributed by atoms with Crippen LogP contribution >= 0.6 is 0 Å². The average molecular weight is 370 g/mol. The van der Waals surface area contributed by atoms with Crippen LogP contribution in [0.3, 0.4) is 0 Å². The predicted octanol–water partition coefficient (Wildman–Crippen LogP) is 4.08. The quantitative estimate of drug-likeness (QED) is 0.839. The number of hydrogen-bond donors (Lipinski definition) is 2. The van der Waals surface area contributed by atoms with E-state index in [1.807, 2.05) is 0 Å². The molecule has 0 saturated carbocycles. The van der Waals surface area contributed by atoms with Crippen LogP contribution in [0.2, 0.25) is 0 Å². The van der Waals surface area contributed by atoms with Gasteiger partial charge in [0.2, 0.25) is 5.91 Å². The lowest BCUT2D eigenvalue weighted by Gasteiger charge is -2.32. The molecule has 0 bridgehead atoms. The molecule has 0 spiro atoms. The van der Waals surface area contributed by atoms with Crippen LogP contribution in [-0.4, -0.2) is 23.6 Å². The Kier molecular flexibility index (Phi) is 6.74. The van der Waals surface area contributed by atoms with Gasteiger partial charge in [-0.15, -0.1) is 0 Å². The van der Waals surface area contributed by atoms with E-state index >= 15 is 0 Å². The zero-order chi connectivity index (χ0) is 20.3. The summed E-state index contributed by atoms with van der Waals surface area (Å²) in [4.78, 5) is 24.7. The smallest absolute Gasteiger partial charge is 0.408 e. The van der Waals surface area contributed by atoms with Gasteiger partial charge in [0.25, 0.3) is 0 Å². The van der Waals surface area contributed by atoms with Crippen LogP contribution < -0.4 is 10.6 Å². The Morgan fingerprint density at radius 1 is 1.00 bits per heavy atom. The molecule has 0 unspecified atom stereocenters. The summed E-state index contributed by atoms with van der Waals surface area (Å²) in [6.45, 7) is 12.2. The number of ether oxygens (including phenoxy) is 1. The summed E-state index contributed by atoms with van der Waals surface area (Å²) in [7, 11) is 0. The van der Waals surface area contributed by atoms with E-state index in [1.165, 1.54) is 6.07 Å². The average Bonchev–Trinajstić information content (AvgIpc) is 2.44. The van der Waals surface area contributed by atoms with Crippen LogP contribution in [0, 0.1) is 17.0 Å². The molecule has 2 amide bonds. The number of nitrogens with one attached hydrogen (secondary N) is 2. The monoisotopic (exact) mass is 370 g/mol. The maximum absolute atomic E-state index is 13.4. The molecule has 0 aromatic heterocycles. The van der Waals surface area contributed by atoms with Crippen LogP contribution in [0.1, 0.15) is 60.1 Å². The summed E-state index contributed by atoms with van der Waals surface area (Å²) in [6.07, 6.45) is -0.701. The standard InChI is InChI=1S/C19H28F2N2O3/c1-11(12-8-9-13(20)14(21)10-12)22-16(24)15(18(2,3)4)23-17(25)26-19(5,6)7/h8-11,15H,1-7H3,(H,22,24)(H,23,25)/t11-,15+/m1/s1. The van der Waals surface area contributed by atoms with Gasteiger partial charge in [-0.05, 0) is 50.8 Å². The molecule has 1 aromatic carbocycles. The number of amides is 2. The highest BCUT2D eigenvalue weighted by atomic mass is 19.2. The zero-order valence-electron chi connectivity index (χ0n) is 16.4. The number of carbonyl (C=O) groups excluding carboxylic acids is 2. The van der Waals surface area contributed by atoms with Crippen molar-refractivity contribution in [2.24, 2.45) is 5.41 Å². The summed E-state index contributed by atoms with van der Waals surface area (Å²) in [6, 6.07) is 2.01. The van der Waals surface area contributed by atoms with Crippen molar-refractivity contribution in [2.75, 3.05) is 0 Å². The lowest BCUT2D eigenvalue weighted by Crippen LogP contribution is -2.54. The lowest BCUT2D eigenvalue weighted by atomic mass is 9.86. The molecule has 7 heteroatoms. The molecular weight excluding hydrogens is 342 g/mol. The molecule has 0 saturated heterocycles. The SMILES string of the molecule is C[C@@H](NC(=O)[C@H](NC(=O)OC(C)(C)C)C(C)(C)C)c1ccc(F)c(F)c1. The van der Waals surface area contributed by atoms with Gasteiger partial charge in [-0.3, -0.25) is 4.79 Å². The Labute approximate surface area is 153 Å². The zero-order valence-corrected chi connectivity index (χ0v) is 16.4. The first-order valence-electron chi connectivity index (χ1n) is 8.45. The van der Waals surface area contributed by atoms with Gasteiger partial charge in [0.05, 0.1) is 6.04 Å². The van der Waals surface area contributed by atoms with E-state index in [9.17, 15) is 18.4 Å². The highest BCUT2D eigenvalue weighted by molar-refractivity contribution is 5.86. The number of hydrogen-bond acceptors (Lipinski definition) is 3. The predicted molar refractivity (Wildman–Crippen MR) is 95.5 cm³/mol. The number of alkyl carbamates (subject to hydrolysis) is 1. The van der Waals surface area contributed by atoms with Crippen molar-refractivity contribution >= 4 is 12.0 Å². The van der Waals surface area contributed by atoms with E-state index < -0.39 is 46.7 Å². The molecule has 0 aliphatic rings. The van der Waals surface area contributed by atoms with Crippen LogP contribution in [-0.2, 0) is 9.53 Å². The summed E-state index contributed by atoms with van der Waals surface area (Å²) in [5.41, 5.74) is -0.862. The third kappa shape index (κ3) is 6.61. The van der Waals surface area contributed by atoms with Gasteiger partial charge in [0.15, 0.2) is 11.6 Å². The molecule has 1 rings (SSSR count). The van der Waals surface area contributed by atoms with Gasteiger partial charge in [-0.2, -0.15) is 0 Å². The maximum atomic E-state index is 13.4. The van der Waals surface area contributed by atoms with Crippen LogP contribution in [0.15, 0.2) is 18.2 Å². The van der Waals surface area contributed by atoms with Crippen molar-refractivity contribution in [1.29, 1.82) is 0 Å². The molecule has 0 aliphatic heterocycles. The topological polar surface area (TPSA) is 67.4 Å². The number of halogens is 2. The van der Waals surface area contributed by atoms with E-state index in [1.54, 1.807) is 48.5 Å². The van der Waals surface area contributed by atoms with E-state index in [-0.39, 0.29) is 0 Å². The fourth-order valence-electron chi connectivity index (χ4n) is 2.26. The second-order valence-corrected chi connectivity index (χ2v) is 8.35. The third-order valence-electron chi connectivity index (χ3n) is 3.59. The third-order valence-corrected chi connectivity index (χ3v) is 3.59. The van der Waals surface area contributed by atoms with Crippen molar-refractivity contribution < 1.29 is 23.1 Å². The highest BCUT2D eigenvalue weighted by Crippen LogP contribution is 2.22. The van der Waals surface area contributed by atoms with E-state index in [0.29, 0.717) is 5.56 Å². The molecule has 2 N–H and O–H groups in total. The van der Waals surface area contributed by atoms with Crippen LogP contribution in [0.25, 0.3) is 0 Å². The van der Waals surface area contributed by atoms with Crippen LogP contribution in [0.5, 0.6) is 0 Å². The normalized spacial score (nSPS) is 14.3. The summed E-state index contributed by atoms with van der Waals surface area (Å²) < 4.78 is 31.7. The highest BCUT2D eigenvalue weighted by Gasteiger charge is 2.34. The molecule has 146 valence electrons. The van der Waals surface area contributed by atoms with Crippen molar-refractivity contribution in [3.8, 4) is 0 Å². The van der Waals surface area contributed by atoms with Crippen molar-refractivity contribution in [1.82, 2.24) is 10.6 Å². The minimum atomic E-state index is -0.983. The fourth-order valence-corrected chi connectivity index (χ4v) is 2.26. The molecular formula is C19H28F2N2O3. The Morgan fingerprint density at radius 2 is 1.58 bits per heavy atom. The van der Waals surface area contributed by atoms with Gasteiger partial charge in [-0.25, -0.2) is 13.6 Å². The Morgan fingerprint density at radius 3 is 2.04 bits per heavy atom. The molecule has 5 nitrogen and oxygen atoms in total. The van der Waals surface area contributed by atoms with Crippen LogP contribution in [0.4, 0.5) is 13.6 Å². The minimum absolute atomic E-state index is 0.419. The number of carbonyl (C=O) groups is 2. The number of benzene rings is 1. The maximum Gasteiger partial charge on any atom is 0.408 e. The van der Waals surface area contributed by atoms with E-state index in [2.05, 4.69) is 10.6 Å². The molecule has 1 aromatic rings. The lowest BCUT2D eigenvalue weighted by molar-refractivity contribution is -0.126. The Balaban J connectivity index is 2.89. The van der Waals surface area contributed by atoms with Gasteiger partial charge in [0.1, 0.15) is 11.6 Å². The van der Waals surface area contributed by atoms with E-state index in [4.69, 9.17) is 4.74 Å². The van der Waals surface area contributed by atoms with Gasteiger partial charge < -0.3 is 15.4 Å². The minimum Gasteiger partial charge on any atom is -0.444 e. The van der Waals surface area contributed by atoms with Gasteiger partial charge in [0, 0.05) is 0 Å². The first kappa shape index (κ1) is 21.9. The first-order valence-corrected chi connectivity index (χ1v) is 8.45. The molecule has 0 radical (unpaired) electrons. The molecule has 0 aliphatic carbocycles.